The van der Waals surface area contributed by atoms with Crippen LogP contribution in [0, 0.1) is 11.3 Å². The van der Waals surface area contributed by atoms with Gasteiger partial charge in [-0.25, -0.2) is 23.4 Å². The summed E-state index contributed by atoms with van der Waals surface area (Å²) in [5, 5.41) is 16.5. The van der Waals surface area contributed by atoms with E-state index in [9.17, 15) is 54.4 Å². The summed E-state index contributed by atoms with van der Waals surface area (Å²) in [6.45, 7) is 0.684. The van der Waals surface area contributed by atoms with Crippen LogP contribution in [-0.2, 0) is 22.2 Å². The number of hydrogen-bond acceptors (Lipinski definition) is 7. The molecule has 10 nitrogen and oxygen atoms in total. The van der Waals surface area contributed by atoms with Crippen LogP contribution < -0.4 is 4.74 Å². The summed E-state index contributed by atoms with van der Waals surface area (Å²) in [6.07, 6.45) is -9.47. The second-order valence-corrected chi connectivity index (χ2v) is 10.9. The molecular formula is C27H25F9N6O4. The minimum absolute atomic E-state index is 0.0876. The molecule has 2 amide bonds. The van der Waals surface area contributed by atoms with E-state index in [0.29, 0.717) is 10.3 Å². The van der Waals surface area contributed by atoms with Gasteiger partial charge in [-0.15, -0.1) is 0 Å². The predicted octanol–water partition coefficient (Wildman–Crippen LogP) is 6.29. The summed E-state index contributed by atoms with van der Waals surface area (Å²) in [5.74, 6) is -4.42. The van der Waals surface area contributed by atoms with Crippen molar-refractivity contribution in [2.75, 3.05) is 0 Å². The number of aromatic nitrogens is 4. The number of allylic oxidation sites excluding steroid dienone is 3. The van der Waals surface area contributed by atoms with Crippen molar-refractivity contribution >= 4 is 12.0 Å². The van der Waals surface area contributed by atoms with E-state index >= 15 is 0 Å². The summed E-state index contributed by atoms with van der Waals surface area (Å²) >= 11 is 0. The lowest BCUT2D eigenvalue weighted by molar-refractivity contribution is -0.350. The molecule has 4 rings (SSSR count). The third-order valence-electron chi connectivity index (χ3n) is 7.36. The maximum absolute atomic E-state index is 14.9. The molecule has 2 aliphatic rings. The number of nitrogens with zero attached hydrogens (tertiary/aromatic N) is 6. The number of carbonyl (C=O) groups excluding carboxylic acids is 2. The third-order valence-corrected chi connectivity index (χ3v) is 7.36. The predicted molar refractivity (Wildman–Crippen MR) is 137 cm³/mol. The van der Waals surface area contributed by atoms with E-state index in [2.05, 4.69) is 14.9 Å². The van der Waals surface area contributed by atoms with Gasteiger partial charge in [0.1, 0.15) is 5.54 Å². The van der Waals surface area contributed by atoms with Gasteiger partial charge in [-0.3, -0.25) is 4.79 Å². The maximum atomic E-state index is 14.9. The van der Waals surface area contributed by atoms with Crippen molar-refractivity contribution in [2.24, 2.45) is 7.05 Å². The van der Waals surface area contributed by atoms with Crippen LogP contribution in [0.3, 0.4) is 0 Å². The van der Waals surface area contributed by atoms with Crippen LogP contribution in [0.4, 0.5) is 44.3 Å². The Morgan fingerprint density at radius 3 is 2.24 bits per heavy atom. The third kappa shape index (κ3) is 5.91. The molecule has 1 unspecified atom stereocenters. The molecule has 0 N–H and O–H groups in total. The second-order valence-electron chi connectivity index (χ2n) is 10.9. The first-order valence-corrected chi connectivity index (χ1v) is 13.4. The van der Waals surface area contributed by atoms with Crippen molar-refractivity contribution in [1.82, 2.24) is 24.5 Å². The second kappa shape index (κ2) is 11.7. The molecule has 2 aliphatic carbocycles. The van der Waals surface area contributed by atoms with Crippen molar-refractivity contribution in [3.63, 3.8) is 0 Å². The Labute approximate surface area is 254 Å². The van der Waals surface area contributed by atoms with Crippen molar-refractivity contribution in [1.29, 1.82) is 5.26 Å². The van der Waals surface area contributed by atoms with Crippen molar-refractivity contribution < 1.29 is 58.6 Å². The van der Waals surface area contributed by atoms with Crippen LogP contribution in [0.15, 0.2) is 35.7 Å². The van der Waals surface area contributed by atoms with Crippen LogP contribution >= 0.6 is 0 Å². The van der Waals surface area contributed by atoms with Crippen molar-refractivity contribution in [3.05, 3.63) is 46.9 Å². The zero-order chi connectivity index (χ0) is 34.6. The Balaban J connectivity index is 1.72. The first-order valence-electron chi connectivity index (χ1n) is 13.4. The first-order chi connectivity index (χ1) is 21.2. The van der Waals surface area contributed by atoms with Gasteiger partial charge in [-0.05, 0) is 51.2 Å². The highest BCUT2D eigenvalue weighted by molar-refractivity contribution is 6.05. The number of nitriles is 1. The molecule has 2 aromatic heterocycles. The molecule has 0 radical (unpaired) electrons. The fraction of sp³-hybridized carbons (Fsp3) is 0.519. The van der Waals surface area contributed by atoms with Crippen LogP contribution in [0.2, 0.25) is 0 Å². The minimum atomic E-state index is -6.67. The van der Waals surface area contributed by atoms with E-state index in [1.807, 2.05) is 6.07 Å². The maximum Gasteiger partial charge on any atom is 0.437 e. The zero-order valence-electron chi connectivity index (χ0n) is 24.4. The monoisotopic (exact) mass is 668 g/mol. The molecule has 1 fully saturated rings. The normalized spacial score (nSPS) is 18.2. The summed E-state index contributed by atoms with van der Waals surface area (Å²) in [7, 11) is 0.767. The standard InChI is InChI=1S/C27H25F9N6O4/c1-13(2)45-23(44)42(24(12-37)7-8-24)21(43)17-9-15(6-5-14(17)3)16-10-38-41(11-16)20-18(46-22(28)29)19(39-40(20)4)25(30,26(31,32)33)27(34,35)36/h5-6,10-11,13,15,22H,7-9H2,1-4H3. The van der Waals surface area contributed by atoms with E-state index in [4.69, 9.17) is 4.74 Å². The molecule has 2 heterocycles. The fourth-order valence-corrected chi connectivity index (χ4v) is 4.88. The lowest BCUT2D eigenvalue weighted by atomic mass is 9.86. The highest BCUT2D eigenvalue weighted by atomic mass is 19.4. The molecule has 2 aromatic rings. The smallest absolute Gasteiger partial charge is 0.437 e. The van der Waals surface area contributed by atoms with Crippen LogP contribution in [0.5, 0.6) is 5.75 Å². The number of aryl methyl sites for hydroxylation is 1. The van der Waals surface area contributed by atoms with Gasteiger partial charge in [0.2, 0.25) is 0 Å². The van der Waals surface area contributed by atoms with Gasteiger partial charge in [-0.1, -0.05) is 12.2 Å². The molecule has 19 heteroatoms. The van der Waals surface area contributed by atoms with Gasteiger partial charge in [0.05, 0.1) is 18.4 Å². The largest absolute Gasteiger partial charge is 0.446 e. The average Bonchev–Trinajstić information content (AvgIpc) is 3.43. The highest BCUT2D eigenvalue weighted by Crippen LogP contribution is 2.56. The Kier molecular flexibility index (Phi) is 8.74. The van der Waals surface area contributed by atoms with Crippen LogP contribution in [0.1, 0.15) is 57.2 Å². The summed E-state index contributed by atoms with van der Waals surface area (Å²) < 4.78 is 132. The quantitative estimate of drug-likeness (QED) is 0.304. The summed E-state index contributed by atoms with van der Waals surface area (Å²) in [6, 6.07) is 1.97. The van der Waals surface area contributed by atoms with E-state index in [1.165, 1.54) is 6.08 Å². The number of halogens is 9. The Hall–Kier alpha value is -4.50. The Bertz CT molecular complexity index is 1610. The Morgan fingerprint density at radius 1 is 1.13 bits per heavy atom. The number of hydrogen-bond donors (Lipinski definition) is 0. The van der Waals surface area contributed by atoms with Gasteiger partial charge in [0.15, 0.2) is 17.3 Å². The fourth-order valence-electron chi connectivity index (χ4n) is 4.88. The number of amides is 2. The minimum Gasteiger partial charge on any atom is -0.446 e. The van der Waals surface area contributed by atoms with Crippen molar-refractivity contribution in [2.45, 2.75) is 82.2 Å². The number of ether oxygens (including phenoxy) is 2. The van der Waals surface area contributed by atoms with Crippen LogP contribution in [-0.4, -0.2) is 67.1 Å². The molecule has 0 aromatic carbocycles. The summed E-state index contributed by atoms with van der Waals surface area (Å²) in [4.78, 5) is 27.3. The Morgan fingerprint density at radius 2 is 1.74 bits per heavy atom. The first kappa shape index (κ1) is 34.4. The van der Waals surface area contributed by atoms with E-state index in [-0.39, 0.29) is 35.1 Å². The molecule has 250 valence electrons. The van der Waals surface area contributed by atoms with Gasteiger partial charge in [0, 0.05) is 24.7 Å². The molecule has 0 aliphatic heterocycles. The highest BCUT2D eigenvalue weighted by Gasteiger charge is 2.76. The average molecular weight is 669 g/mol. The van der Waals surface area contributed by atoms with Gasteiger partial charge in [-0.2, -0.15) is 50.6 Å². The summed E-state index contributed by atoms with van der Waals surface area (Å²) in [5.41, 5.74) is -9.42. The van der Waals surface area contributed by atoms with Crippen LogP contribution in [0.25, 0.3) is 5.82 Å². The molecule has 46 heavy (non-hydrogen) atoms. The van der Waals surface area contributed by atoms with E-state index in [1.54, 1.807) is 26.8 Å². The van der Waals surface area contributed by atoms with Gasteiger partial charge >= 0.3 is 30.7 Å². The molecule has 0 saturated heterocycles. The van der Waals surface area contributed by atoms with E-state index in [0.717, 1.165) is 24.3 Å². The number of alkyl halides is 9. The molecule has 1 atom stereocenters. The van der Waals surface area contributed by atoms with Gasteiger partial charge in [0.25, 0.3) is 5.91 Å². The van der Waals surface area contributed by atoms with Crippen molar-refractivity contribution in [3.8, 4) is 17.6 Å². The number of imide groups is 1. The molecule has 0 spiro atoms. The topological polar surface area (TPSA) is 115 Å². The number of carbonyl (C=O) groups is 2. The molecule has 0 bridgehead atoms. The van der Waals surface area contributed by atoms with E-state index < -0.39 is 71.5 Å². The molecular weight excluding hydrogens is 643 g/mol. The molecule has 1 saturated carbocycles. The lowest BCUT2D eigenvalue weighted by Crippen LogP contribution is -2.51. The lowest BCUT2D eigenvalue weighted by Gasteiger charge is -2.29. The zero-order valence-corrected chi connectivity index (χ0v) is 24.4. The van der Waals surface area contributed by atoms with Gasteiger partial charge < -0.3 is 9.47 Å². The SMILES string of the molecule is CC1=C(C(=O)N(C(=O)OC(C)C)C2(C#N)CC2)CC(c2cnn(-c3c(OC(F)F)c(C(F)(C(F)(F)F)C(F)(F)F)nn3C)c2)C=C1. The number of rotatable bonds is 8.